The predicted molar refractivity (Wildman–Crippen MR) is 99.7 cm³/mol. The van der Waals surface area contributed by atoms with Crippen molar-refractivity contribution >= 4 is 27.3 Å². The molecule has 3 rings (SSSR count). The molecule has 2 atom stereocenters. The number of fused-ring (bicyclic) bond motifs is 1. The molecule has 1 N–H and O–H groups in total. The molecule has 0 spiro atoms. The number of thiophene rings is 1. The van der Waals surface area contributed by atoms with E-state index in [1.165, 1.54) is 15.6 Å². The van der Waals surface area contributed by atoms with E-state index in [0.29, 0.717) is 5.75 Å². The first kappa shape index (κ1) is 16.5. The molecule has 0 fully saturated rings. The molecule has 1 aromatic heterocycles. The summed E-state index contributed by atoms with van der Waals surface area (Å²) in [6, 6.07) is 17.8. The zero-order valence-electron chi connectivity index (χ0n) is 13.9. The van der Waals surface area contributed by atoms with Gasteiger partial charge in [-0.3, -0.25) is 4.79 Å². The van der Waals surface area contributed by atoms with E-state index in [1.807, 2.05) is 37.3 Å². The van der Waals surface area contributed by atoms with Crippen LogP contribution in [-0.2, 0) is 11.2 Å². The molecule has 0 aliphatic rings. The van der Waals surface area contributed by atoms with Crippen LogP contribution in [-0.4, -0.2) is 18.1 Å². The van der Waals surface area contributed by atoms with Gasteiger partial charge in [-0.15, -0.1) is 11.3 Å². The molecule has 0 aliphatic heterocycles. The Hall–Kier alpha value is -2.33. The minimum atomic E-state index is -0.519. The monoisotopic (exact) mass is 339 g/mol. The van der Waals surface area contributed by atoms with Gasteiger partial charge in [0.25, 0.3) is 5.91 Å². The van der Waals surface area contributed by atoms with E-state index in [-0.39, 0.29) is 11.9 Å². The third-order valence-electron chi connectivity index (χ3n) is 3.90. The molecule has 24 heavy (non-hydrogen) atoms. The first-order valence-corrected chi connectivity index (χ1v) is 8.98. The smallest absolute Gasteiger partial charge is 0.260 e. The highest BCUT2D eigenvalue weighted by molar-refractivity contribution is 7.17. The summed E-state index contributed by atoms with van der Waals surface area (Å²) in [6.45, 7) is 3.80. The third kappa shape index (κ3) is 3.95. The minimum absolute atomic E-state index is 0.0531. The lowest BCUT2D eigenvalue weighted by Gasteiger charge is -2.18. The van der Waals surface area contributed by atoms with Crippen molar-refractivity contribution in [2.75, 3.05) is 0 Å². The maximum atomic E-state index is 12.3. The van der Waals surface area contributed by atoms with Gasteiger partial charge < -0.3 is 10.1 Å². The van der Waals surface area contributed by atoms with Crippen LogP contribution in [0.2, 0.25) is 0 Å². The quantitative estimate of drug-likeness (QED) is 0.722. The van der Waals surface area contributed by atoms with E-state index >= 15 is 0 Å². The highest BCUT2D eigenvalue weighted by atomic mass is 32.1. The van der Waals surface area contributed by atoms with E-state index < -0.39 is 6.10 Å². The molecule has 0 saturated carbocycles. The molecule has 0 aliphatic carbocycles. The van der Waals surface area contributed by atoms with Gasteiger partial charge >= 0.3 is 0 Å². The highest BCUT2D eigenvalue weighted by Gasteiger charge is 2.17. The topological polar surface area (TPSA) is 38.3 Å². The highest BCUT2D eigenvalue weighted by Crippen LogP contribution is 2.26. The summed E-state index contributed by atoms with van der Waals surface area (Å²) in [5.41, 5.74) is 1.28. The standard InChI is InChI=1S/C20H21NO2S/c1-14(12-16-13-24-19-11-7-6-10-18(16)19)21-20(22)15(2)23-17-8-4-3-5-9-17/h3-11,13-15H,12H2,1-2H3,(H,21,22)/t14-,15+/m1/s1. The molecular formula is C20H21NO2S. The number of hydrogen-bond acceptors (Lipinski definition) is 3. The number of carbonyl (C=O) groups excluding carboxylic acids is 1. The van der Waals surface area contributed by atoms with E-state index in [9.17, 15) is 4.79 Å². The summed E-state index contributed by atoms with van der Waals surface area (Å²) in [5, 5.41) is 6.50. The maximum absolute atomic E-state index is 12.3. The Morgan fingerprint density at radius 3 is 2.58 bits per heavy atom. The molecule has 3 nitrogen and oxygen atoms in total. The maximum Gasteiger partial charge on any atom is 0.260 e. The van der Waals surface area contributed by atoms with Gasteiger partial charge in [0.1, 0.15) is 5.75 Å². The van der Waals surface area contributed by atoms with Crippen molar-refractivity contribution in [2.24, 2.45) is 0 Å². The predicted octanol–water partition coefficient (Wildman–Crippen LogP) is 4.42. The Labute approximate surface area is 146 Å². The van der Waals surface area contributed by atoms with Crippen LogP contribution >= 0.6 is 11.3 Å². The van der Waals surface area contributed by atoms with Crippen LogP contribution in [0.25, 0.3) is 10.1 Å². The van der Waals surface area contributed by atoms with E-state index in [4.69, 9.17) is 4.74 Å². The molecule has 0 unspecified atom stereocenters. The van der Waals surface area contributed by atoms with Crippen LogP contribution < -0.4 is 10.1 Å². The third-order valence-corrected chi connectivity index (χ3v) is 4.91. The fourth-order valence-electron chi connectivity index (χ4n) is 2.69. The van der Waals surface area contributed by atoms with Crippen LogP contribution in [0.3, 0.4) is 0 Å². The number of para-hydroxylation sites is 1. The number of ether oxygens (including phenoxy) is 1. The van der Waals surface area contributed by atoms with E-state index in [0.717, 1.165) is 6.42 Å². The van der Waals surface area contributed by atoms with Gasteiger partial charge in [-0.25, -0.2) is 0 Å². The van der Waals surface area contributed by atoms with Gasteiger partial charge in [0, 0.05) is 10.7 Å². The Morgan fingerprint density at radius 1 is 1.08 bits per heavy atom. The van der Waals surface area contributed by atoms with Crippen molar-refractivity contribution in [1.82, 2.24) is 5.32 Å². The number of nitrogens with one attached hydrogen (secondary N) is 1. The van der Waals surface area contributed by atoms with Crippen molar-refractivity contribution in [1.29, 1.82) is 0 Å². The molecule has 1 heterocycles. The number of hydrogen-bond donors (Lipinski definition) is 1. The lowest BCUT2D eigenvalue weighted by atomic mass is 10.1. The molecule has 4 heteroatoms. The van der Waals surface area contributed by atoms with Gasteiger partial charge in [-0.05, 0) is 54.8 Å². The fraction of sp³-hybridized carbons (Fsp3) is 0.250. The van der Waals surface area contributed by atoms with E-state index in [2.05, 4.69) is 35.0 Å². The van der Waals surface area contributed by atoms with Gasteiger partial charge in [-0.2, -0.15) is 0 Å². The molecule has 2 aromatic carbocycles. The second-order valence-corrected chi connectivity index (χ2v) is 6.86. The second kappa shape index (κ2) is 7.49. The van der Waals surface area contributed by atoms with Crippen LogP contribution in [0.4, 0.5) is 0 Å². The Morgan fingerprint density at radius 2 is 1.79 bits per heavy atom. The first-order valence-electron chi connectivity index (χ1n) is 8.10. The molecule has 0 radical (unpaired) electrons. The van der Waals surface area contributed by atoms with Crippen molar-refractivity contribution in [3.63, 3.8) is 0 Å². The van der Waals surface area contributed by atoms with Crippen LogP contribution in [0, 0.1) is 0 Å². The Bertz CT molecular complexity index is 813. The molecule has 124 valence electrons. The zero-order chi connectivity index (χ0) is 16.9. The van der Waals surface area contributed by atoms with Crippen molar-refractivity contribution < 1.29 is 9.53 Å². The Kier molecular flexibility index (Phi) is 5.16. The Balaban J connectivity index is 1.58. The zero-order valence-corrected chi connectivity index (χ0v) is 14.7. The SMILES string of the molecule is C[C@H](Cc1csc2ccccc12)NC(=O)[C@H](C)Oc1ccccc1. The lowest BCUT2D eigenvalue weighted by molar-refractivity contribution is -0.127. The van der Waals surface area contributed by atoms with Crippen molar-refractivity contribution in [3.05, 3.63) is 65.5 Å². The van der Waals surface area contributed by atoms with Gasteiger partial charge in [0.05, 0.1) is 0 Å². The largest absolute Gasteiger partial charge is 0.481 e. The van der Waals surface area contributed by atoms with Gasteiger partial charge in [0.15, 0.2) is 6.10 Å². The normalized spacial score (nSPS) is 13.4. The molecule has 0 bridgehead atoms. The number of benzene rings is 2. The summed E-state index contributed by atoms with van der Waals surface area (Å²) in [5.74, 6) is 0.613. The summed E-state index contributed by atoms with van der Waals surface area (Å²) >= 11 is 1.75. The van der Waals surface area contributed by atoms with Gasteiger partial charge in [-0.1, -0.05) is 36.4 Å². The van der Waals surface area contributed by atoms with Crippen LogP contribution in [0.1, 0.15) is 19.4 Å². The average molecular weight is 339 g/mol. The summed E-state index contributed by atoms with van der Waals surface area (Å²) in [6.07, 6.45) is 0.294. The summed E-state index contributed by atoms with van der Waals surface area (Å²) < 4.78 is 6.96. The molecule has 1 amide bonds. The van der Waals surface area contributed by atoms with Gasteiger partial charge in [0.2, 0.25) is 0 Å². The number of rotatable bonds is 6. The molecule has 0 saturated heterocycles. The van der Waals surface area contributed by atoms with Crippen molar-refractivity contribution in [2.45, 2.75) is 32.4 Å². The lowest BCUT2D eigenvalue weighted by Crippen LogP contribution is -2.42. The molecule has 3 aromatic rings. The average Bonchev–Trinajstić information content (AvgIpc) is 2.99. The fourth-order valence-corrected chi connectivity index (χ4v) is 3.66. The number of carbonyl (C=O) groups is 1. The second-order valence-electron chi connectivity index (χ2n) is 5.94. The number of amides is 1. The molecular weight excluding hydrogens is 318 g/mol. The van der Waals surface area contributed by atoms with Crippen LogP contribution in [0.5, 0.6) is 5.75 Å². The van der Waals surface area contributed by atoms with E-state index in [1.54, 1.807) is 18.3 Å². The van der Waals surface area contributed by atoms with Crippen molar-refractivity contribution in [3.8, 4) is 5.75 Å². The summed E-state index contributed by atoms with van der Waals surface area (Å²) in [4.78, 5) is 12.3. The first-order chi connectivity index (χ1) is 11.6. The van der Waals surface area contributed by atoms with Crippen LogP contribution in [0.15, 0.2) is 60.0 Å². The summed E-state index contributed by atoms with van der Waals surface area (Å²) in [7, 11) is 0. The minimum Gasteiger partial charge on any atom is -0.481 e.